The summed E-state index contributed by atoms with van der Waals surface area (Å²) in [5, 5.41) is 3.46. The molecule has 1 N–H and O–H groups in total. The molecular formula is C18H28N4O2S. The highest BCUT2D eigenvalue weighted by atomic mass is 32.1. The van der Waals surface area contributed by atoms with E-state index in [4.69, 9.17) is 26.7 Å². The molecule has 3 heterocycles. The van der Waals surface area contributed by atoms with Crippen LogP contribution in [0.2, 0.25) is 0 Å². The van der Waals surface area contributed by atoms with Crippen LogP contribution >= 0.6 is 12.2 Å². The molecule has 138 valence electrons. The first kappa shape index (κ1) is 18.7. The fourth-order valence-corrected chi connectivity index (χ4v) is 3.44. The number of hydrogen-bond acceptors (Lipinski definition) is 6. The van der Waals surface area contributed by atoms with Gasteiger partial charge in [0.1, 0.15) is 0 Å². The number of ether oxygens (including phenoxy) is 2. The average molecular weight is 365 g/mol. The normalized spacial score (nSPS) is 21.0. The van der Waals surface area contributed by atoms with E-state index in [2.05, 4.69) is 27.2 Å². The smallest absolute Gasteiger partial charge is 0.0868 e. The zero-order valence-electron chi connectivity index (χ0n) is 14.9. The molecule has 0 radical (unpaired) electrons. The van der Waals surface area contributed by atoms with E-state index in [1.165, 1.54) is 0 Å². The van der Waals surface area contributed by atoms with Crippen LogP contribution in [0.1, 0.15) is 17.3 Å². The molecule has 6 nitrogen and oxygen atoms in total. The van der Waals surface area contributed by atoms with Gasteiger partial charge >= 0.3 is 0 Å². The van der Waals surface area contributed by atoms with Crippen molar-refractivity contribution in [2.75, 3.05) is 65.8 Å². The van der Waals surface area contributed by atoms with Crippen LogP contribution in [0.25, 0.3) is 0 Å². The Kier molecular flexibility index (Phi) is 7.12. The third-order valence-electron chi connectivity index (χ3n) is 4.71. The van der Waals surface area contributed by atoms with Crippen molar-refractivity contribution in [1.29, 1.82) is 0 Å². The van der Waals surface area contributed by atoms with Crippen molar-refractivity contribution in [3.8, 4) is 0 Å². The van der Waals surface area contributed by atoms with Gasteiger partial charge in [-0.15, -0.1) is 0 Å². The van der Waals surface area contributed by atoms with Gasteiger partial charge in [-0.05, 0) is 19.1 Å². The number of thiocarbonyl (C=S) groups is 1. The van der Waals surface area contributed by atoms with Crippen LogP contribution in [0, 0.1) is 6.92 Å². The van der Waals surface area contributed by atoms with Gasteiger partial charge in [0.25, 0.3) is 0 Å². The first-order valence-electron chi connectivity index (χ1n) is 9.04. The van der Waals surface area contributed by atoms with Gasteiger partial charge in [-0.25, -0.2) is 0 Å². The van der Waals surface area contributed by atoms with Crippen molar-refractivity contribution in [2.24, 2.45) is 0 Å². The summed E-state index contributed by atoms with van der Waals surface area (Å²) < 4.78 is 10.9. The number of pyridine rings is 1. The number of aromatic nitrogens is 1. The molecule has 0 aromatic carbocycles. The molecule has 2 aliphatic rings. The molecule has 0 amide bonds. The van der Waals surface area contributed by atoms with Crippen molar-refractivity contribution in [1.82, 2.24) is 20.1 Å². The second-order valence-electron chi connectivity index (χ2n) is 6.60. The summed E-state index contributed by atoms with van der Waals surface area (Å²) in [7, 11) is 0. The molecule has 0 spiro atoms. The Morgan fingerprint density at radius 1 is 1.12 bits per heavy atom. The van der Waals surface area contributed by atoms with E-state index in [1.807, 2.05) is 13.0 Å². The average Bonchev–Trinajstić information content (AvgIpc) is 2.66. The summed E-state index contributed by atoms with van der Waals surface area (Å²) in [6, 6.07) is 6.18. The molecule has 0 bridgehead atoms. The highest BCUT2D eigenvalue weighted by Crippen LogP contribution is 2.18. The number of morpholine rings is 2. The van der Waals surface area contributed by atoms with Crippen LogP contribution in [0.4, 0.5) is 0 Å². The van der Waals surface area contributed by atoms with Gasteiger partial charge in [0.15, 0.2) is 0 Å². The lowest BCUT2D eigenvalue weighted by molar-refractivity contribution is 0.0352. The Morgan fingerprint density at radius 2 is 1.76 bits per heavy atom. The largest absolute Gasteiger partial charge is 0.379 e. The highest BCUT2D eigenvalue weighted by molar-refractivity contribution is 7.80. The SMILES string of the molecule is Cc1cccc(C(CN2CCOCC2)C(=S)NCN2CCOCC2)n1. The molecule has 3 rings (SSSR count). The third-order valence-corrected chi connectivity index (χ3v) is 5.14. The predicted molar refractivity (Wildman–Crippen MR) is 102 cm³/mol. The van der Waals surface area contributed by atoms with Crippen LogP contribution in [-0.4, -0.2) is 85.6 Å². The molecule has 1 aromatic rings. The number of hydrogen-bond donors (Lipinski definition) is 1. The van der Waals surface area contributed by atoms with Crippen molar-refractivity contribution in [3.05, 3.63) is 29.6 Å². The first-order chi connectivity index (χ1) is 12.2. The van der Waals surface area contributed by atoms with E-state index in [-0.39, 0.29) is 5.92 Å². The van der Waals surface area contributed by atoms with E-state index in [9.17, 15) is 0 Å². The quantitative estimate of drug-likeness (QED) is 0.756. The van der Waals surface area contributed by atoms with Gasteiger partial charge in [0.05, 0.1) is 49.7 Å². The van der Waals surface area contributed by atoms with Crippen LogP contribution < -0.4 is 5.32 Å². The standard InChI is InChI=1S/C18H28N4O2S/c1-15-3-2-4-17(20-15)16(13-21-5-9-23-10-6-21)18(25)19-14-22-7-11-24-12-8-22/h2-4,16H,5-14H2,1H3,(H,19,25). The van der Waals surface area contributed by atoms with Crippen molar-refractivity contribution in [2.45, 2.75) is 12.8 Å². The zero-order valence-corrected chi connectivity index (χ0v) is 15.8. The van der Waals surface area contributed by atoms with E-state index in [1.54, 1.807) is 0 Å². The summed E-state index contributed by atoms with van der Waals surface area (Å²) in [5.41, 5.74) is 2.08. The monoisotopic (exact) mass is 364 g/mol. The Bertz CT molecular complexity index is 560. The lowest BCUT2D eigenvalue weighted by atomic mass is 10.0. The fraction of sp³-hybridized carbons (Fsp3) is 0.667. The minimum Gasteiger partial charge on any atom is -0.379 e. The molecule has 1 unspecified atom stereocenters. The van der Waals surface area contributed by atoms with Crippen molar-refractivity contribution < 1.29 is 9.47 Å². The van der Waals surface area contributed by atoms with E-state index >= 15 is 0 Å². The lowest BCUT2D eigenvalue weighted by Crippen LogP contribution is -2.46. The molecule has 1 atom stereocenters. The van der Waals surface area contributed by atoms with E-state index in [0.29, 0.717) is 0 Å². The van der Waals surface area contributed by atoms with E-state index < -0.39 is 0 Å². The summed E-state index contributed by atoms with van der Waals surface area (Å²) >= 11 is 5.77. The van der Waals surface area contributed by atoms with Crippen LogP contribution in [-0.2, 0) is 9.47 Å². The van der Waals surface area contributed by atoms with Crippen LogP contribution in [0.3, 0.4) is 0 Å². The second kappa shape index (κ2) is 9.54. The number of nitrogens with zero attached hydrogens (tertiary/aromatic N) is 3. The summed E-state index contributed by atoms with van der Waals surface area (Å²) in [6.07, 6.45) is 0. The molecular weight excluding hydrogens is 336 g/mol. The third kappa shape index (κ3) is 5.69. The minimum absolute atomic E-state index is 0.106. The van der Waals surface area contributed by atoms with E-state index in [0.717, 1.165) is 82.2 Å². The molecule has 0 saturated carbocycles. The number of rotatable bonds is 6. The minimum atomic E-state index is 0.106. The molecule has 2 saturated heterocycles. The molecule has 2 fully saturated rings. The molecule has 1 aromatic heterocycles. The molecule has 2 aliphatic heterocycles. The fourth-order valence-electron chi connectivity index (χ4n) is 3.18. The Balaban J connectivity index is 1.64. The number of nitrogens with one attached hydrogen (secondary N) is 1. The maximum Gasteiger partial charge on any atom is 0.0868 e. The summed E-state index contributed by atoms with van der Waals surface area (Å²) in [4.78, 5) is 10.4. The molecule has 25 heavy (non-hydrogen) atoms. The van der Waals surface area contributed by atoms with Gasteiger partial charge in [-0.2, -0.15) is 0 Å². The van der Waals surface area contributed by atoms with Gasteiger partial charge in [-0.3, -0.25) is 14.8 Å². The first-order valence-corrected chi connectivity index (χ1v) is 9.44. The van der Waals surface area contributed by atoms with Crippen molar-refractivity contribution >= 4 is 17.2 Å². The summed E-state index contributed by atoms with van der Waals surface area (Å²) in [5.74, 6) is 0.106. The lowest BCUT2D eigenvalue weighted by Gasteiger charge is -2.32. The summed E-state index contributed by atoms with van der Waals surface area (Å²) in [6.45, 7) is 10.7. The molecule has 7 heteroatoms. The topological polar surface area (TPSA) is 49.9 Å². The predicted octanol–water partition coefficient (Wildman–Crippen LogP) is 1.01. The number of aryl methyl sites for hydroxylation is 1. The Labute approximate surface area is 155 Å². The van der Waals surface area contributed by atoms with Crippen LogP contribution in [0.15, 0.2) is 18.2 Å². The van der Waals surface area contributed by atoms with Gasteiger partial charge < -0.3 is 14.8 Å². The zero-order chi connectivity index (χ0) is 17.5. The van der Waals surface area contributed by atoms with Gasteiger partial charge in [-0.1, -0.05) is 18.3 Å². The van der Waals surface area contributed by atoms with Crippen LogP contribution in [0.5, 0.6) is 0 Å². The highest BCUT2D eigenvalue weighted by Gasteiger charge is 2.24. The second-order valence-corrected chi connectivity index (χ2v) is 7.04. The van der Waals surface area contributed by atoms with Gasteiger partial charge in [0.2, 0.25) is 0 Å². The Hall–Kier alpha value is -1.12. The Morgan fingerprint density at radius 3 is 2.40 bits per heavy atom. The maximum atomic E-state index is 5.77. The molecule has 0 aliphatic carbocycles. The van der Waals surface area contributed by atoms with Gasteiger partial charge in [0, 0.05) is 38.4 Å². The maximum absolute atomic E-state index is 5.77. The van der Waals surface area contributed by atoms with Crippen molar-refractivity contribution in [3.63, 3.8) is 0 Å².